The molecule has 1 rings (SSSR count). The molecule has 0 saturated heterocycles. The number of amides is 2. The number of carbonyl (C=O) groups is 2. The number of unbranched alkanes of at least 4 members (excludes halogenated alkanes) is 1. The van der Waals surface area contributed by atoms with Crippen molar-refractivity contribution in [2.24, 2.45) is 0 Å². The summed E-state index contributed by atoms with van der Waals surface area (Å²) in [6.45, 7) is 1.86. The lowest BCUT2D eigenvalue weighted by Crippen LogP contribution is -2.50. The number of aliphatic hydroxyl groups is 1. The monoisotopic (exact) mass is 280 g/mol. The Hall–Kier alpha value is -2.08. The van der Waals surface area contributed by atoms with Crippen LogP contribution in [0.25, 0.3) is 0 Å². The van der Waals surface area contributed by atoms with Crippen LogP contribution < -0.4 is 10.2 Å². The second kappa shape index (κ2) is 8.16. The van der Waals surface area contributed by atoms with Crippen molar-refractivity contribution >= 4 is 17.7 Å². The van der Waals surface area contributed by atoms with E-state index in [2.05, 4.69) is 5.32 Å². The van der Waals surface area contributed by atoms with E-state index in [1.54, 1.807) is 12.1 Å². The van der Waals surface area contributed by atoms with E-state index < -0.39 is 24.6 Å². The minimum absolute atomic E-state index is 0.490. The second-order valence-electron chi connectivity index (χ2n) is 4.36. The average molecular weight is 280 g/mol. The first-order valence-corrected chi connectivity index (χ1v) is 6.56. The molecule has 1 aromatic carbocycles. The van der Waals surface area contributed by atoms with Gasteiger partial charge in [-0.1, -0.05) is 31.5 Å². The average Bonchev–Trinajstić information content (AvgIpc) is 2.46. The van der Waals surface area contributed by atoms with Crippen LogP contribution in [0.4, 0.5) is 10.5 Å². The molecule has 6 nitrogen and oxygen atoms in total. The molecule has 0 aliphatic rings. The van der Waals surface area contributed by atoms with Crippen LogP contribution in [0.3, 0.4) is 0 Å². The molecular weight excluding hydrogens is 260 g/mol. The molecule has 1 aromatic rings. The lowest BCUT2D eigenvalue weighted by molar-refractivity contribution is -0.140. The van der Waals surface area contributed by atoms with E-state index in [0.29, 0.717) is 12.2 Å². The van der Waals surface area contributed by atoms with Crippen LogP contribution in [-0.4, -0.2) is 41.4 Å². The first kappa shape index (κ1) is 16.0. The first-order chi connectivity index (χ1) is 9.60. The molecule has 110 valence electrons. The molecule has 0 aromatic heterocycles. The molecule has 0 fully saturated rings. The second-order valence-corrected chi connectivity index (χ2v) is 4.36. The summed E-state index contributed by atoms with van der Waals surface area (Å²) in [6.07, 6.45) is 1.72. The third-order valence-electron chi connectivity index (χ3n) is 2.83. The molecule has 0 heterocycles. The van der Waals surface area contributed by atoms with Crippen molar-refractivity contribution in [1.29, 1.82) is 0 Å². The molecule has 1 atom stereocenters. The minimum Gasteiger partial charge on any atom is -0.480 e. The molecule has 0 spiro atoms. The van der Waals surface area contributed by atoms with E-state index in [9.17, 15) is 9.59 Å². The van der Waals surface area contributed by atoms with Crippen molar-refractivity contribution in [2.75, 3.05) is 18.1 Å². The van der Waals surface area contributed by atoms with Gasteiger partial charge in [0.25, 0.3) is 0 Å². The van der Waals surface area contributed by atoms with Gasteiger partial charge in [-0.2, -0.15) is 0 Å². The third kappa shape index (κ3) is 4.55. The van der Waals surface area contributed by atoms with Crippen molar-refractivity contribution < 1.29 is 19.8 Å². The Morgan fingerprint density at radius 3 is 2.45 bits per heavy atom. The van der Waals surface area contributed by atoms with E-state index in [4.69, 9.17) is 10.2 Å². The molecule has 6 heteroatoms. The fraction of sp³-hybridized carbons (Fsp3) is 0.429. The van der Waals surface area contributed by atoms with Gasteiger partial charge in [0.15, 0.2) is 6.04 Å². The highest BCUT2D eigenvalue weighted by molar-refractivity contribution is 5.94. The zero-order chi connectivity index (χ0) is 15.0. The Labute approximate surface area is 118 Å². The molecule has 3 N–H and O–H groups in total. The summed E-state index contributed by atoms with van der Waals surface area (Å²) < 4.78 is 0. The molecule has 0 bridgehead atoms. The Morgan fingerprint density at radius 1 is 1.30 bits per heavy atom. The Bertz CT molecular complexity index is 436. The molecule has 0 unspecified atom stereocenters. The van der Waals surface area contributed by atoms with Crippen molar-refractivity contribution in [2.45, 2.75) is 25.8 Å². The van der Waals surface area contributed by atoms with E-state index >= 15 is 0 Å². The summed E-state index contributed by atoms with van der Waals surface area (Å²) in [5, 5.41) is 20.1. The van der Waals surface area contributed by atoms with Crippen molar-refractivity contribution in [3.8, 4) is 0 Å². The van der Waals surface area contributed by atoms with Crippen LogP contribution in [0.5, 0.6) is 0 Å². The summed E-state index contributed by atoms with van der Waals surface area (Å²) >= 11 is 0. The number of hydrogen-bond donors (Lipinski definition) is 3. The predicted molar refractivity (Wildman–Crippen MR) is 75.7 cm³/mol. The number of aliphatic carboxylic acids is 1. The van der Waals surface area contributed by atoms with Crippen LogP contribution in [-0.2, 0) is 4.79 Å². The SMILES string of the molecule is CCCCN(C(=O)N[C@H](CO)C(=O)O)c1ccccc1. The molecule has 2 amide bonds. The number of hydrogen-bond acceptors (Lipinski definition) is 3. The summed E-state index contributed by atoms with van der Waals surface area (Å²) in [6, 6.07) is 7.20. The maximum Gasteiger partial charge on any atom is 0.328 e. The van der Waals surface area contributed by atoms with Gasteiger partial charge < -0.3 is 15.5 Å². The smallest absolute Gasteiger partial charge is 0.328 e. The summed E-state index contributed by atoms with van der Waals surface area (Å²) in [5.41, 5.74) is 0.695. The number of carbonyl (C=O) groups excluding carboxylic acids is 1. The number of urea groups is 1. The number of carboxylic acid groups (broad SMARTS) is 1. The summed E-state index contributed by atoms with van der Waals surface area (Å²) in [5.74, 6) is -1.26. The fourth-order valence-corrected chi connectivity index (χ4v) is 1.68. The van der Waals surface area contributed by atoms with Gasteiger partial charge in [-0.15, -0.1) is 0 Å². The lowest BCUT2D eigenvalue weighted by Gasteiger charge is -2.24. The largest absolute Gasteiger partial charge is 0.480 e. The predicted octanol–water partition coefficient (Wildman–Crippen LogP) is 1.45. The van der Waals surface area contributed by atoms with Crippen LogP contribution in [0, 0.1) is 0 Å². The third-order valence-corrected chi connectivity index (χ3v) is 2.83. The van der Waals surface area contributed by atoms with E-state index in [1.165, 1.54) is 4.90 Å². The van der Waals surface area contributed by atoms with Gasteiger partial charge >= 0.3 is 12.0 Å². The fourth-order valence-electron chi connectivity index (χ4n) is 1.68. The number of nitrogens with one attached hydrogen (secondary N) is 1. The standard InChI is InChI=1S/C14H20N2O4/c1-2-3-9-16(11-7-5-4-6-8-11)14(20)15-12(10-17)13(18)19/h4-8,12,17H,2-3,9-10H2,1H3,(H,15,20)(H,18,19)/t12-/m1/s1. The topological polar surface area (TPSA) is 89.9 Å². The highest BCUT2D eigenvalue weighted by Crippen LogP contribution is 2.14. The van der Waals surface area contributed by atoms with Gasteiger partial charge in [-0.25, -0.2) is 9.59 Å². The normalized spacial score (nSPS) is 11.7. The summed E-state index contributed by atoms with van der Waals surface area (Å²) in [4.78, 5) is 24.5. The van der Waals surface area contributed by atoms with Crippen molar-refractivity contribution in [1.82, 2.24) is 5.32 Å². The van der Waals surface area contributed by atoms with Crippen LogP contribution >= 0.6 is 0 Å². The maximum atomic E-state index is 12.2. The number of aliphatic hydroxyl groups excluding tert-OH is 1. The maximum absolute atomic E-state index is 12.2. The highest BCUT2D eigenvalue weighted by atomic mass is 16.4. The number of carboxylic acids is 1. The molecule has 0 radical (unpaired) electrons. The van der Waals surface area contributed by atoms with Crippen molar-refractivity contribution in [3.63, 3.8) is 0 Å². The molecule has 20 heavy (non-hydrogen) atoms. The number of benzene rings is 1. The van der Waals surface area contributed by atoms with Gasteiger partial charge in [-0.05, 0) is 18.6 Å². The van der Waals surface area contributed by atoms with E-state index in [-0.39, 0.29) is 0 Å². The number of para-hydroxylation sites is 1. The van der Waals surface area contributed by atoms with Crippen LogP contribution in [0.15, 0.2) is 30.3 Å². The van der Waals surface area contributed by atoms with Gasteiger partial charge in [0.2, 0.25) is 0 Å². The zero-order valence-corrected chi connectivity index (χ0v) is 11.5. The Balaban J connectivity index is 2.82. The van der Waals surface area contributed by atoms with E-state index in [1.807, 2.05) is 25.1 Å². The van der Waals surface area contributed by atoms with Crippen molar-refractivity contribution in [3.05, 3.63) is 30.3 Å². The molecule has 0 saturated carbocycles. The first-order valence-electron chi connectivity index (χ1n) is 6.56. The Kier molecular flexibility index (Phi) is 6.52. The van der Waals surface area contributed by atoms with Crippen LogP contribution in [0.2, 0.25) is 0 Å². The minimum atomic E-state index is -1.30. The van der Waals surface area contributed by atoms with E-state index in [0.717, 1.165) is 12.8 Å². The summed E-state index contributed by atoms with van der Waals surface area (Å²) in [7, 11) is 0. The van der Waals surface area contributed by atoms with Gasteiger partial charge in [0.05, 0.1) is 6.61 Å². The molecule has 0 aliphatic heterocycles. The molecule has 0 aliphatic carbocycles. The zero-order valence-electron chi connectivity index (χ0n) is 11.5. The lowest BCUT2D eigenvalue weighted by atomic mass is 10.2. The number of nitrogens with zero attached hydrogens (tertiary/aromatic N) is 1. The Morgan fingerprint density at radius 2 is 1.95 bits per heavy atom. The number of rotatable bonds is 7. The van der Waals surface area contributed by atoms with Crippen LogP contribution in [0.1, 0.15) is 19.8 Å². The number of anilines is 1. The van der Waals surface area contributed by atoms with Gasteiger partial charge in [0.1, 0.15) is 0 Å². The molecular formula is C14H20N2O4. The van der Waals surface area contributed by atoms with Gasteiger partial charge in [0, 0.05) is 12.2 Å². The highest BCUT2D eigenvalue weighted by Gasteiger charge is 2.22. The van der Waals surface area contributed by atoms with Gasteiger partial charge in [-0.3, -0.25) is 4.90 Å². The quantitative estimate of drug-likeness (QED) is 0.705.